The van der Waals surface area contributed by atoms with Crippen LogP contribution < -0.4 is 9.64 Å². The van der Waals surface area contributed by atoms with E-state index < -0.39 is 24.0 Å². The Morgan fingerprint density at radius 1 is 1.00 bits per heavy atom. The summed E-state index contributed by atoms with van der Waals surface area (Å²) in [5, 5.41) is 0. The molecule has 2 aromatic rings. The molecule has 1 amide bonds. The lowest BCUT2D eigenvalue weighted by Gasteiger charge is -2.18. The van der Waals surface area contributed by atoms with Crippen LogP contribution >= 0.6 is 0 Å². The standard InChI is InChI=1S/C27H31NO7/c1-4-5-6-15-34-26(31)20-7-11-22(12-8-20)28-17-21(16-24(28)29)27(32)35-18(2)25(30)19-9-13-23(33-3)14-10-19/h7-14,18,21H,4-6,15-17H2,1-3H3/t18-,21-/m0/s1. The average molecular weight is 482 g/mol. The number of anilines is 1. The molecule has 8 nitrogen and oxygen atoms in total. The summed E-state index contributed by atoms with van der Waals surface area (Å²) in [4.78, 5) is 51.5. The molecule has 2 aromatic carbocycles. The van der Waals surface area contributed by atoms with E-state index in [4.69, 9.17) is 14.2 Å². The third-order valence-electron chi connectivity index (χ3n) is 5.89. The summed E-state index contributed by atoms with van der Waals surface area (Å²) < 4.78 is 15.7. The quantitative estimate of drug-likeness (QED) is 0.269. The van der Waals surface area contributed by atoms with Crippen molar-refractivity contribution >= 4 is 29.3 Å². The first kappa shape index (κ1) is 25.9. The number of hydrogen-bond acceptors (Lipinski definition) is 7. The van der Waals surface area contributed by atoms with Gasteiger partial charge in [0.2, 0.25) is 11.7 Å². The number of nitrogens with zero attached hydrogens (tertiary/aromatic N) is 1. The van der Waals surface area contributed by atoms with Crippen LogP contribution in [0.2, 0.25) is 0 Å². The number of benzene rings is 2. The molecular weight excluding hydrogens is 450 g/mol. The molecule has 2 atom stereocenters. The highest BCUT2D eigenvalue weighted by molar-refractivity contribution is 6.02. The fourth-order valence-electron chi connectivity index (χ4n) is 3.81. The summed E-state index contributed by atoms with van der Waals surface area (Å²) in [6.07, 6.45) is 1.88. The molecule has 0 unspecified atom stereocenters. The summed E-state index contributed by atoms with van der Waals surface area (Å²) in [6, 6.07) is 13.1. The number of Topliss-reactive ketones (excluding diaryl/α,β-unsaturated/α-hetero) is 1. The topological polar surface area (TPSA) is 99.2 Å². The molecule has 1 aliphatic heterocycles. The minimum atomic E-state index is -0.984. The SMILES string of the molecule is CCCCCOC(=O)c1ccc(N2C[C@@H](C(=O)O[C@@H](C)C(=O)c3ccc(OC)cc3)CC2=O)cc1. The molecule has 1 saturated heterocycles. The fourth-order valence-corrected chi connectivity index (χ4v) is 3.81. The molecule has 0 aromatic heterocycles. The molecule has 0 bridgehead atoms. The first-order valence-electron chi connectivity index (χ1n) is 11.8. The molecular formula is C27H31NO7. The second kappa shape index (κ2) is 12.1. The van der Waals surface area contributed by atoms with Crippen molar-refractivity contribution in [3.8, 4) is 5.75 Å². The average Bonchev–Trinajstić information content (AvgIpc) is 3.27. The predicted molar refractivity (Wildman–Crippen MR) is 130 cm³/mol. The molecule has 0 saturated carbocycles. The van der Waals surface area contributed by atoms with Crippen molar-refractivity contribution in [3.63, 3.8) is 0 Å². The molecule has 35 heavy (non-hydrogen) atoms. The van der Waals surface area contributed by atoms with Gasteiger partial charge in [0.05, 0.1) is 25.2 Å². The molecule has 1 fully saturated rings. The zero-order valence-corrected chi connectivity index (χ0v) is 20.3. The van der Waals surface area contributed by atoms with Gasteiger partial charge in [-0.25, -0.2) is 4.79 Å². The number of rotatable bonds is 11. The number of ether oxygens (including phenoxy) is 3. The molecule has 0 aliphatic carbocycles. The van der Waals surface area contributed by atoms with Crippen molar-refractivity contribution in [2.24, 2.45) is 5.92 Å². The first-order valence-corrected chi connectivity index (χ1v) is 11.8. The van der Waals surface area contributed by atoms with E-state index in [-0.39, 0.29) is 24.7 Å². The highest BCUT2D eigenvalue weighted by Gasteiger charge is 2.37. The van der Waals surface area contributed by atoms with Gasteiger partial charge < -0.3 is 19.1 Å². The molecule has 186 valence electrons. The van der Waals surface area contributed by atoms with Crippen molar-refractivity contribution in [2.45, 2.75) is 45.6 Å². The number of esters is 2. The second-order valence-electron chi connectivity index (χ2n) is 8.47. The molecule has 8 heteroatoms. The van der Waals surface area contributed by atoms with Crippen LogP contribution in [0.5, 0.6) is 5.75 Å². The Balaban J connectivity index is 1.55. The molecule has 0 N–H and O–H groups in total. The van der Waals surface area contributed by atoms with Gasteiger partial charge in [-0.3, -0.25) is 14.4 Å². The van der Waals surface area contributed by atoms with E-state index in [1.165, 1.54) is 18.9 Å². The maximum absolute atomic E-state index is 12.7. The first-order chi connectivity index (χ1) is 16.8. The maximum Gasteiger partial charge on any atom is 0.338 e. The van der Waals surface area contributed by atoms with Gasteiger partial charge in [0.25, 0.3) is 0 Å². The third kappa shape index (κ3) is 6.68. The molecule has 0 spiro atoms. The van der Waals surface area contributed by atoms with Gasteiger partial charge in [-0.15, -0.1) is 0 Å². The van der Waals surface area contributed by atoms with Gasteiger partial charge in [0, 0.05) is 24.2 Å². The number of hydrogen-bond donors (Lipinski definition) is 0. The summed E-state index contributed by atoms with van der Waals surface area (Å²) in [5.74, 6) is -1.63. The fraction of sp³-hybridized carbons (Fsp3) is 0.407. The lowest BCUT2D eigenvalue weighted by Crippen LogP contribution is -2.30. The van der Waals surface area contributed by atoms with Crippen LogP contribution in [0.15, 0.2) is 48.5 Å². The Morgan fingerprint density at radius 3 is 2.29 bits per heavy atom. The van der Waals surface area contributed by atoms with Crippen LogP contribution in [0.4, 0.5) is 5.69 Å². The molecule has 3 rings (SSSR count). The lowest BCUT2D eigenvalue weighted by atomic mass is 10.1. The summed E-state index contributed by atoms with van der Waals surface area (Å²) in [7, 11) is 1.53. The van der Waals surface area contributed by atoms with E-state index in [1.54, 1.807) is 48.5 Å². The van der Waals surface area contributed by atoms with Crippen LogP contribution in [0.3, 0.4) is 0 Å². The van der Waals surface area contributed by atoms with Gasteiger partial charge in [-0.05, 0) is 61.9 Å². The second-order valence-corrected chi connectivity index (χ2v) is 8.47. The smallest absolute Gasteiger partial charge is 0.338 e. The molecule has 1 aliphatic rings. The van der Waals surface area contributed by atoms with E-state index in [9.17, 15) is 19.2 Å². The molecule has 0 radical (unpaired) electrons. The van der Waals surface area contributed by atoms with Gasteiger partial charge >= 0.3 is 11.9 Å². The van der Waals surface area contributed by atoms with Crippen molar-refractivity contribution in [1.82, 2.24) is 0 Å². The normalized spacial score (nSPS) is 16.0. The summed E-state index contributed by atoms with van der Waals surface area (Å²) >= 11 is 0. The third-order valence-corrected chi connectivity index (χ3v) is 5.89. The minimum Gasteiger partial charge on any atom is -0.497 e. The number of methoxy groups -OCH3 is 1. The van der Waals surface area contributed by atoms with Gasteiger partial charge in [0.1, 0.15) is 5.75 Å². The minimum absolute atomic E-state index is 0.0104. The van der Waals surface area contributed by atoms with Crippen LogP contribution in [0.1, 0.15) is 60.2 Å². The maximum atomic E-state index is 12.7. The van der Waals surface area contributed by atoms with Gasteiger partial charge in [-0.2, -0.15) is 0 Å². The Hall–Kier alpha value is -3.68. The van der Waals surface area contributed by atoms with Gasteiger partial charge in [0.15, 0.2) is 6.10 Å². The largest absolute Gasteiger partial charge is 0.497 e. The highest BCUT2D eigenvalue weighted by Crippen LogP contribution is 2.27. The van der Waals surface area contributed by atoms with Crippen molar-refractivity contribution in [3.05, 3.63) is 59.7 Å². The van der Waals surface area contributed by atoms with Crippen LogP contribution in [0.25, 0.3) is 0 Å². The molecule has 1 heterocycles. The van der Waals surface area contributed by atoms with Crippen LogP contribution in [-0.4, -0.2) is 50.0 Å². The number of ketones is 1. The van der Waals surface area contributed by atoms with Crippen molar-refractivity contribution in [1.29, 1.82) is 0 Å². The number of carbonyl (C=O) groups excluding carboxylic acids is 4. The highest BCUT2D eigenvalue weighted by atomic mass is 16.5. The van der Waals surface area contributed by atoms with E-state index >= 15 is 0 Å². The number of amides is 1. The van der Waals surface area contributed by atoms with Crippen molar-refractivity contribution in [2.75, 3.05) is 25.2 Å². The van der Waals surface area contributed by atoms with Crippen LogP contribution in [-0.2, 0) is 19.1 Å². The summed E-state index contributed by atoms with van der Waals surface area (Å²) in [5.41, 5.74) is 1.38. The zero-order chi connectivity index (χ0) is 25.4. The Morgan fingerprint density at radius 2 is 1.66 bits per heavy atom. The van der Waals surface area contributed by atoms with E-state index in [0.29, 0.717) is 29.2 Å². The van der Waals surface area contributed by atoms with Crippen LogP contribution in [0, 0.1) is 5.92 Å². The van der Waals surface area contributed by atoms with E-state index in [2.05, 4.69) is 6.92 Å². The zero-order valence-electron chi connectivity index (χ0n) is 20.3. The van der Waals surface area contributed by atoms with Crippen molar-refractivity contribution < 1.29 is 33.4 Å². The Kier molecular flexibility index (Phi) is 9.00. The number of carbonyl (C=O) groups is 4. The monoisotopic (exact) mass is 481 g/mol. The predicted octanol–water partition coefficient (Wildman–Crippen LogP) is 4.21. The van der Waals surface area contributed by atoms with E-state index in [0.717, 1.165) is 19.3 Å². The van der Waals surface area contributed by atoms with Gasteiger partial charge in [-0.1, -0.05) is 19.8 Å². The lowest BCUT2D eigenvalue weighted by molar-refractivity contribution is -0.151. The summed E-state index contributed by atoms with van der Waals surface area (Å²) in [6.45, 7) is 4.11. The van der Waals surface area contributed by atoms with E-state index in [1.807, 2.05) is 0 Å². The number of unbranched alkanes of at least 4 members (excludes halogenated alkanes) is 2. The Bertz CT molecular complexity index is 1050. The Labute approximate surface area is 205 Å².